The predicted octanol–water partition coefficient (Wildman–Crippen LogP) is 2.23. The molecule has 1 aromatic rings. The molecule has 0 aliphatic heterocycles. The van der Waals surface area contributed by atoms with Crippen LogP contribution in [0, 0.1) is 18.3 Å². The minimum absolute atomic E-state index is 0.510. The zero-order valence-corrected chi connectivity index (χ0v) is 8.41. The van der Waals surface area contributed by atoms with Crippen molar-refractivity contribution in [3.8, 4) is 6.07 Å². The SMILES string of the molecule is Cc1nn(CCC#N)cc1C(C)C. The van der Waals surface area contributed by atoms with E-state index in [-0.39, 0.29) is 0 Å². The molecular formula is C10H15N3. The topological polar surface area (TPSA) is 41.6 Å². The second kappa shape index (κ2) is 4.08. The highest BCUT2D eigenvalue weighted by molar-refractivity contribution is 5.19. The Morgan fingerprint density at radius 3 is 2.77 bits per heavy atom. The molecule has 3 heteroatoms. The summed E-state index contributed by atoms with van der Waals surface area (Å²) < 4.78 is 1.86. The van der Waals surface area contributed by atoms with Gasteiger partial charge in [0.1, 0.15) is 0 Å². The van der Waals surface area contributed by atoms with E-state index < -0.39 is 0 Å². The predicted molar refractivity (Wildman–Crippen MR) is 51.3 cm³/mol. The molecule has 0 N–H and O–H groups in total. The summed E-state index contributed by atoms with van der Waals surface area (Å²) in [6, 6.07) is 2.11. The first-order chi connectivity index (χ1) is 6.15. The summed E-state index contributed by atoms with van der Waals surface area (Å²) in [6.07, 6.45) is 2.57. The lowest BCUT2D eigenvalue weighted by Crippen LogP contribution is -1.97. The molecule has 1 aromatic heterocycles. The summed E-state index contributed by atoms with van der Waals surface area (Å²) >= 11 is 0. The summed E-state index contributed by atoms with van der Waals surface area (Å²) in [4.78, 5) is 0. The molecule has 0 aliphatic rings. The molecule has 0 bridgehead atoms. The third kappa shape index (κ3) is 2.32. The van der Waals surface area contributed by atoms with E-state index >= 15 is 0 Å². The third-order valence-electron chi connectivity index (χ3n) is 2.06. The van der Waals surface area contributed by atoms with Gasteiger partial charge in [0.15, 0.2) is 0 Å². The van der Waals surface area contributed by atoms with Crippen molar-refractivity contribution < 1.29 is 0 Å². The smallest absolute Gasteiger partial charge is 0.0641 e. The molecule has 0 atom stereocenters. The summed E-state index contributed by atoms with van der Waals surface area (Å²) in [5.74, 6) is 0.510. The van der Waals surface area contributed by atoms with Crippen LogP contribution in [0.1, 0.15) is 37.4 Å². The fraction of sp³-hybridized carbons (Fsp3) is 0.600. The van der Waals surface area contributed by atoms with Crippen LogP contribution in [0.3, 0.4) is 0 Å². The molecule has 0 unspecified atom stereocenters. The average Bonchev–Trinajstić information content (AvgIpc) is 2.43. The van der Waals surface area contributed by atoms with Gasteiger partial charge < -0.3 is 0 Å². The molecule has 1 rings (SSSR count). The van der Waals surface area contributed by atoms with Crippen LogP contribution in [0.2, 0.25) is 0 Å². The van der Waals surface area contributed by atoms with Crippen molar-refractivity contribution in [2.24, 2.45) is 0 Å². The Morgan fingerprint density at radius 1 is 1.62 bits per heavy atom. The van der Waals surface area contributed by atoms with Crippen molar-refractivity contribution in [2.75, 3.05) is 0 Å². The number of aryl methyl sites for hydroxylation is 2. The summed E-state index contributed by atoms with van der Waals surface area (Å²) in [5, 5.41) is 12.8. The molecule has 1 heterocycles. The lowest BCUT2D eigenvalue weighted by molar-refractivity contribution is 0.622. The molecular weight excluding hydrogens is 162 g/mol. The molecule has 70 valence electrons. The highest BCUT2D eigenvalue weighted by atomic mass is 15.3. The number of rotatable bonds is 3. The molecule has 0 saturated carbocycles. The van der Waals surface area contributed by atoms with Crippen LogP contribution in [0.4, 0.5) is 0 Å². The van der Waals surface area contributed by atoms with Crippen LogP contribution in [-0.4, -0.2) is 9.78 Å². The molecule has 0 spiro atoms. The van der Waals surface area contributed by atoms with E-state index in [1.807, 2.05) is 17.8 Å². The van der Waals surface area contributed by atoms with Gasteiger partial charge >= 0.3 is 0 Å². The molecule has 0 amide bonds. The van der Waals surface area contributed by atoms with E-state index in [1.54, 1.807) is 0 Å². The first-order valence-corrected chi connectivity index (χ1v) is 4.56. The van der Waals surface area contributed by atoms with E-state index in [9.17, 15) is 0 Å². The zero-order chi connectivity index (χ0) is 9.84. The Kier molecular flexibility index (Phi) is 3.07. The van der Waals surface area contributed by atoms with Gasteiger partial charge in [-0.15, -0.1) is 0 Å². The number of hydrogen-bond donors (Lipinski definition) is 0. The Balaban J connectivity index is 2.78. The summed E-state index contributed by atoms with van der Waals surface area (Å²) in [7, 11) is 0. The van der Waals surface area contributed by atoms with Gasteiger partial charge in [0.2, 0.25) is 0 Å². The Morgan fingerprint density at radius 2 is 2.31 bits per heavy atom. The van der Waals surface area contributed by atoms with Gasteiger partial charge in [-0.3, -0.25) is 4.68 Å². The summed E-state index contributed by atoms with van der Waals surface area (Å²) in [6.45, 7) is 7.01. The van der Waals surface area contributed by atoms with E-state index in [4.69, 9.17) is 5.26 Å². The fourth-order valence-corrected chi connectivity index (χ4v) is 1.38. The molecule has 0 radical (unpaired) electrons. The maximum Gasteiger partial charge on any atom is 0.0641 e. The maximum absolute atomic E-state index is 8.42. The maximum atomic E-state index is 8.42. The van der Waals surface area contributed by atoms with Gasteiger partial charge in [0.05, 0.1) is 24.7 Å². The Labute approximate surface area is 79.0 Å². The van der Waals surface area contributed by atoms with Crippen molar-refractivity contribution in [3.05, 3.63) is 17.5 Å². The Hall–Kier alpha value is -1.30. The van der Waals surface area contributed by atoms with Gasteiger partial charge in [0.25, 0.3) is 0 Å². The molecule has 13 heavy (non-hydrogen) atoms. The second-order valence-corrected chi connectivity index (χ2v) is 3.50. The van der Waals surface area contributed by atoms with Gasteiger partial charge in [0, 0.05) is 6.20 Å². The first kappa shape index (κ1) is 9.79. The van der Waals surface area contributed by atoms with Crippen LogP contribution < -0.4 is 0 Å². The van der Waals surface area contributed by atoms with Crippen molar-refractivity contribution >= 4 is 0 Å². The largest absolute Gasteiger partial charge is 0.271 e. The highest BCUT2D eigenvalue weighted by Gasteiger charge is 2.07. The van der Waals surface area contributed by atoms with Crippen LogP contribution >= 0.6 is 0 Å². The fourth-order valence-electron chi connectivity index (χ4n) is 1.38. The van der Waals surface area contributed by atoms with Crippen LogP contribution in [0.5, 0.6) is 0 Å². The third-order valence-corrected chi connectivity index (χ3v) is 2.06. The normalized spacial score (nSPS) is 10.4. The van der Waals surface area contributed by atoms with Gasteiger partial charge in [-0.1, -0.05) is 13.8 Å². The van der Waals surface area contributed by atoms with Crippen molar-refractivity contribution in [3.63, 3.8) is 0 Å². The minimum Gasteiger partial charge on any atom is -0.271 e. The lowest BCUT2D eigenvalue weighted by atomic mass is 10.1. The lowest BCUT2D eigenvalue weighted by Gasteiger charge is -1.99. The quantitative estimate of drug-likeness (QED) is 0.710. The van der Waals surface area contributed by atoms with Gasteiger partial charge in [-0.2, -0.15) is 10.4 Å². The van der Waals surface area contributed by atoms with Crippen molar-refractivity contribution in [1.29, 1.82) is 5.26 Å². The second-order valence-electron chi connectivity index (χ2n) is 3.50. The van der Waals surface area contributed by atoms with Crippen LogP contribution in [-0.2, 0) is 6.54 Å². The van der Waals surface area contributed by atoms with Gasteiger partial charge in [-0.05, 0) is 18.4 Å². The number of aromatic nitrogens is 2. The molecule has 0 saturated heterocycles. The highest BCUT2D eigenvalue weighted by Crippen LogP contribution is 2.17. The molecule has 0 aromatic carbocycles. The number of hydrogen-bond acceptors (Lipinski definition) is 2. The van der Waals surface area contributed by atoms with Crippen molar-refractivity contribution in [2.45, 2.75) is 39.7 Å². The van der Waals surface area contributed by atoms with Gasteiger partial charge in [-0.25, -0.2) is 0 Å². The molecule has 0 fully saturated rings. The van der Waals surface area contributed by atoms with Crippen molar-refractivity contribution in [1.82, 2.24) is 9.78 Å². The minimum atomic E-state index is 0.510. The van der Waals surface area contributed by atoms with E-state index in [2.05, 4.69) is 25.0 Å². The zero-order valence-electron chi connectivity index (χ0n) is 8.41. The Bertz CT molecular complexity index is 317. The number of nitriles is 1. The van der Waals surface area contributed by atoms with Crippen LogP contribution in [0.15, 0.2) is 6.20 Å². The van der Waals surface area contributed by atoms with E-state index in [1.165, 1.54) is 5.56 Å². The molecule has 3 nitrogen and oxygen atoms in total. The number of nitrogens with zero attached hydrogens (tertiary/aromatic N) is 3. The van der Waals surface area contributed by atoms with E-state index in [0.29, 0.717) is 18.9 Å². The average molecular weight is 177 g/mol. The van der Waals surface area contributed by atoms with Crippen LogP contribution in [0.25, 0.3) is 0 Å². The first-order valence-electron chi connectivity index (χ1n) is 4.56. The summed E-state index contributed by atoms with van der Waals surface area (Å²) in [5.41, 5.74) is 2.35. The standard InChI is InChI=1S/C10H15N3/c1-8(2)10-7-13(6-4-5-11)12-9(10)3/h7-8H,4,6H2,1-3H3. The monoisotopic (exact) mass is 177 g/mol. The molecule has 0 aliphatic carbocycles. The van der Waals surface area contributed by atoms with E-state index in [0.717, 1.165) is 5.69 Å².